The second-order valence-corrected chi connectivity index (χ2v) is 5.50. The van der Waals surface area contributed by atoms with E-state index in [-0.39, 0.29) is 12.5 Å². The fourth-order valence-corrected chi connectivity index (χ4v) is 2.36. The standard InChI is InChI=1S/C11H14N2O3S/c1-7-12-4-9(17-7)11(16)13(6-10(14)15)5-8-2-3-8/h4,8H,2-3,5-6H2,1H3,(H,14,15). The monoisotopic (exact) mass is 254 g/mol. The van der Waals surface area contributed by atoms with E-state index in [0.29, 0.717) is 17.3 Å². The minimum absolute atomic E-state index is 0.218. The molecule has 1 aromatic heterocycles. The van der Waals surface area contributed by atoms with Gasteiger partial charge in [-0.25, -0.2) is 4.98 Å². The molecule has 1 fully saturated rings. The molecule has 0 aliphatic heterocycles. The number of carbonyl (C=O) groups is 2. The van der Waals surface area contributed by atoms with E-state index in [9.17, 15) is 9.59 Å². The van der Waals surface area contributed by atoms with Crippen LogP contribution in [0.4, 0.5) is 0 Å². The van der Waals surface area contributed by atoms with E-state index < -0.39 is 5.97 Å². The molecule has 1 aliphatic rings. The number of hydrogen-bond acceptors (Lipinski definition) is 4. The zero-order chi connectivity index (χ0) is 12.4. The summed E-state index contributed by atoms with van der Waals surface area (Å²) in [6.07, 6.45) is 3.69. The van der Waals surface area contributed by atoms with Crippen molar-refractivity contribution in [2.24, 2.45) is 5.92 Å². The molecule has 92 valence electrons. The SMILES string of the molecule is Cc1ncc(C(=O)N(CC(=O)O)CC2CC2)s1. The maximum atomic E-state index is 12.1. The number of nitrogens with zero attached hydrogens (tertiary/aromatic N) is 2. The smallest absolute Gasteiger partial charge is 0.323 e. The largest absolute Gasteiger partial charge is 0.480 e. The molecular formula is C11H14N2O3S. The van der Waals surface area contributed by atoms with E-state index in [1.54, 1.807) is 0 Å². The van der Waals surface area contributed by atoms with Crippen LogP contribution in [0.2, 0.25) is 0 Å². The highest BCUT2D eigenvalue weighted by molar-refractivity contribution is 7.13. The van der Waals surface area contributed by atoms with Crippen LogP contribution >= 0.6 is 11.3 Å². The Morgan fingerprint density at radius 3 is 2.76 bits per heavy atom. The molecule has 1 aromatic rings. The molecule has 17 heavy (non-hydrogen) atoms. The molecule has 1 saturated carbocycles. The zero-order valence-corrected chi connectivity index (χ0v) is 10.4. The van der Waals surface area contributed by atoms with Crippen molar-refractivity contribution in [1.29, 1.82) is 0 Å². The normalized spacial score (nSPS) is 14.6. The predicted octanol–water partition coefficient (Wildman–Crippen LogP) is 1.39. The molecule has 0 spiro atoms. The molecule has 1 heterocycles. The number of aryl methyl sites for hydroxylation is 1. The van der Waals surface area contributed by atoms with E-state index in [2.05, 4.69) is 4.98 Å². The summed E-state index contributed by atoms with van der Waals surface area (Å²) in [4.78, 5) is 28.8. The Hall–Kier alpha value is -1.43. The van der Waals surface area contributed by atoms with Gasteiger partial charge >= 0.3 is 5.97 Å². The molecule has 0 atom stereocenters. The third-order valence-electron chi connectivity index (χ3n) is 2.62. The summed E-state index contributed by atoms with van der Waals surface area (Å²) in [5.74, 6) is -0.711. The van der Waals surface area contributed by atoms with Crippen molar-refractivity contribution in [2.45, 2.75) is 19.8 Å². The van der Waals surface area contributed by atoms with E-state index in [1.165, 1.54) is 22.4 Å². The molecule has 0 aromatic carbocycles. The molecule has 1 N–H and O–H groups in total. The quantitative estimate of drug-likeness (QED) is 0.862. The van der Waals surface area contributed by atoms with Crippen LogP contribution < -0.4 is 0 Å². The zero-order valence-electron chi connectivity index (χ0n) is 9.55. The van der Waals surface area contributed by atoms with E-state index in [1.807, 2.05) is 6.92 Å². The number of aromatic nitrogens is 1. The predicted molar refractivity (Wildman–Crippen MR) is 63.1 cm³/mol. The number of amides is 1. The number of rotatable bonds is 5. The molecule has 0 radical (unpaired) electrons. The van der Waals surface area contributed by atoms with Gasteiger partial charge in [0, 0.05) is 6.54 Å². The number of aliphatic carboxylic acids is 1. The van der Waals surface area contributed by atoms with Crippen molar-refractivity contribution >= 4 is 23.2 Å². The number of hydrogen-bond donors (Lipinski definition) is 1. The molecule has 0 bridgehead atoms. The lowest BCUT2D eigenvalue weighted by molar-refractivity contribution is -0.137. The first-order chi connectivity index (χ1) is 8.06. The molecule has 2 rings (SSSR count). The molecule has 5 nitrogen and oxygen atoms in total. The van der Waals surface area contributed by atoms with Crippen molar-refractivity contribution in [2.75, 3.05) is 13.1 Å². The van der Waals surface area contributed by atoms with Crippen molar-refractivity contribution in [3.63, 3.8) is 0 Å². The molecule has 1 aliphatic carbocycles. The van der Waals surface area contributed by atoms with Crippen molar-refractivity contribution in [1.82, 2.24) is 9.88 Å². The lowest BCUT2D eigenvalue weighted by Gasteiger charge is -2.19. The Balaban J connectivity index is 2.07. The lowest BCUT2D eigenvalue weighted by atomic mass is 10.3. The number of carbonyl (C=O) groups excluding carboxylic acids is 1. The first-order valence-corrected chi connectivity index (χ1v) is 6.31. The average molecular weight is 254 g/mol. The summed E-state index contributed by atoms with van der Waals surface area (Å²) in [6, 6.07) is 0. The van der Waals surface area contributed by atoms with Gasteiger partial charge in [-0.2, -0.15) is 0 Å². The van der Waals surface area contributed by atoms with Crippen LogP contribution in [0.5, 0.6) is 0 Å². The summed E-state index contributed by atoms with van der Waals surface area (Å²) in [5, 5.41) is 9.63. The second-order valence-electron chi connectivity index (χ2n) is 4.27. The van der Waals surface area contributed by atoms with Gasteiger partial charge in [-0.05, 0) is 25.7 Å². The molecular weight excluding hydrogens is 240 g/mol. The number of carboxylic acid groups (broad SMARTS) is 1. The van der Waals surface area contributed by atoms with Gasteiger partial charge in [0.2, 0.25) is 0 Å². The Morgan fingerprint density at radius 1 is 1.59 bits per heavy atom. The molecule has 6 heteroatoms. The van der Waals surface area contributed by atoms with Gasteiger partial charge in [0.1, 0.15) is 11.4 Å². The van der Waals surface area contributed by atoms with Gasteiger partial charge < -0.3 is 10.0 Å². The number of carboxylic acids is 1. The average Bonchev–Trinajstić information content (AvgIpc) is 2.96. The van der Waals surface area contributed by atoms with Crippen LogP contribution in [0.3, 0.4) is 0 Å². The first-order valence-electron chi connectivity index (χ1n) is 5.49. The van der Waals surface area contributed by atoms with Crippen LogP contribution in [0, 0.1) is 12.8 Å². The summed E-state index contributed by atoms with van der Waals surface area (Å²) >= 11 is 1.30. The third-order valence-corrected chi connectivity index (χ3v) is 3.52. The fraction of sp³-hybridized carbons (Fsp3) is 0.545. The summed E-state index contributed by atoms with van der Waals surface area (Å²) < 4.78 is 0. The highest BCUT2D eigenvalue weighted by Gasteiger charge is 2.29. The van der Waals surface area contributed by atoms with Crippen LogP contribution in [0.15, 0.2) is 6.20 Å². The van der Waals surface area contributed by atoms with E-state index >= 15 is 0 Å². The lowest BCUT2D eigenvalue weighted by Crippen LogP contribution is -2.36. The maximum absolute atomic E-state index is 12.1. The third kappa shape index (κ3) is 3.26. The van der Waals surface area contributed by atoms with E-state index in [4.69, 9.17) is 5.11 Å². The van der Waals surface area contributed by atoms with Crippen LogP contribution in [-0.4, -0.2) is 40.0 Å². The Kier molecular flexibility index (Phi) is 3.42. The van der Waals surface area contributed by atoms with Crippen molar-refractivity contribution < 1.29 is 14.7 Å². The first kappa shape index (κ1) is 12.0. The highest BCUT2D eigenvalue weighted by atomic mass is 32.1. The second kappa shape index (κ2) is 4.83. The van der Waals surface area contributed by atoms with Gasteiger partial charge in [-0.1, -0.05) is 0 Å². The molecule has 0 unspecified atom stereocenters. The Bertz CT molecular complexity index is 440. The van der Waals surface area contributed by atoms with Gasteiger partial charge in [0.05, 0.1) is 11.2 Å². The fourth-order valence-electron chi connectivity index (χ4n) is 1.61. The summed E-state index contributed by atoms with van der Waals surface area (Å²) in [6.45, 7) is 2.14. The Labute approximate surface area is 103 Å². The van der Waals surface area contributed by atoms with E-state index in [0.717, 1.165) is 17.8 Å². The highest BCUT2D eigenvalue weighted by Crippen LogP contribution is 2.30. The van der Waals surface area contributed by atoms with Crippen molar-refractivity contribution in [3.8, 4) is 0 Å². The van der Waals surface area contributed by atoms with Gasteiger partial charge in [-0.15, -0.1) is 11.3 Å². The van der Waals surface area contributed by atoms with Gasteiger partial charge in [0.25, 0.3) is 5.91 Å². The van der Waals surface area contributed by atoms with Crippen LogP contribution in [0.1, 0.15) is 27.5 Å². The summed E-state index contributed by atoms with van der Waals surface area (Å²) in [5.41, 5.74) is 0. The van der Waals surface area contributed by atoms with Crippen LogP contribution in [0.25, 0.3) is 0 Å². The van der Waals surface area contributed by atoms with Crippen LogP contribution in [-0.2, 0) is 4.79 Å². The molecule has 0 saturated heterocycles. The van der Waals surface area contributed by atoms with Gasteiger partial charge in [-0.3, -0.25) is 9.59 Å². The van der Waals surface area contributed by atoms with Gasteiger partial charge in [0.15, 0.2) is 0 Å². The molecule has 1 amide bonds. The topological polar surface area (TPSA) is 70.5 Å². The Morgan fingerprint density at radius 2 is 2.29 bits per heavy atom. The van der Waals surface area contributed by atoms with Crippen molar-refractivity contribution in [3.05, 3.63) is 16.1 Å². The summed E-state index contributed by atoms with van der Waals surface area (Å²) in [7, 11) is 0. The number of thiazole rings is 1. The minimum atomic E-state index is -0.972. The minimum Gasteiger partial charge on any atom is -0.480 e. The maximum Gasteiger partial charge on any atom is 0.323 e.